The molecule has 1 saturated heterocycles. The number of hydrogen-bond donors (Lipinski definition) is 1. The lowest BCUT2D eigenvalue weighted by Crippen LogP contribution is -2.25. The number of anilines is 1. The molecular formula is C17H30N4. The molecule has 4 heteroatoms. The van der Waals surface area contributed by atoms with Gasteiger partial charge in [-0.3, -0.25) is 0 Å². The summed E-state index contributed by atoms with van der Waals surface area (Å²) in [5, 5.41) is 3.49. The normalized spacial score (nSPS) is 18.7. The van der Waals surface area contributed by atoms with Crippen molar-refractivity contribution < 1.29 is 0 Å². The van der Waals surface area contributed by atoms with Gasteiger partial charge in [0.2, 0.25) is 0 Å². The van der Waals surface area contributed by atoms with Gasteiger partial charge in [0.15, 0.2) is 0 Å². The van der Waals surface area contributed by atoms with Crippen LogP contribution in [0.25, 0.3) is 0 Å². The van der Waals surface area contributed by atoms with E-state index in [2.05, 4.69) is 42.9 Å². The number of nitrogens with one attached hydrogen (secondary N) is 1. The molecule has 0 saturated carbocycles. The molecule has 1 N–H and O–H groups in total. The van der Waals surface area contributed by atoms with Crippen LogP contribution in [0.5, 0.6) is 0 Å². The zero-order chi connectivity index (χ0) is 15.2. The van der Waals surface area contributed by atoms with Crippen molar-refractivity contribution in [1.29, 1.82) is 0 Å². The first-order chi connectivity index (χ1) is 10.2. The lowest BCUT2D eigenvalue weighted by atomic mass is 10.1. The Bertz CT molecular complexity index is 444. The summed E-state index contributed by atoms with van der Waals surface area (Å²) in [7, 11) is 0. The highest BCUT2D eigenvalue weighted by Gasteiger charge is 2.24. The van der Waals surface area contributed by atoms with E-state index < -0.39 is 0 Å². The highest BCUT2D eigenvalue weighted by atomic mass is 15.2. The predicted octanol–water partition coefficient (Wildman–Crippen LogP) is 3.34. The lowest BCUT2D eigenvalue weighted by molar-refractivity contribution is 0.568. The molecule has 1 aromatic heterocycles. The second-order valence-corrected chi connectivity index (χ2v) is 6.40. The summed E-state index contributed by atoms with van der Waals surface area (Å²) >= 11 is 0. The van der Waals surface area contributed by atoms with Gasteiger partial charge in [0.05, 0.1) is 17.6 Å². The van der Waals surface area contributed by atoms with E-state index in [0.717, 1.165) is 44.3 Å². The molecule has 2 rings (SSSR count). The minimum Gasteiger partial charge on any atom is -0.368 e. The monoisotopic (exact) mass is 290 g/mol. The van der Waals surface area contributed by atoms with Gasteiger partial charge in [-0.05, 0) is 25.3 Å². The minimum absolute atomic E-state index is 0.381. The van der Waals surface area contributed by atoms with Gasteiger partial charge in [0.25, 0.3) is 0 Å². The smallest absolute Gasteiger partial charge is 0.131 e. The van der Waals surface area contributed by atoms with Gasteiger partial charge in [-0.2, -0.15) is 0 Å². The van der Waals surface area contributed by atoms with Crippen molar-refractivity contribution in [3.8, 4) is 0 Å². The second kappa shape index (κ2) is 7.74. The van der Waals surface area contributed by atoms with Crippen molar-refractivity contribution in [3.63, 3.8) is 0 Å². The highest BCUT2D eigenvalue weighted by molar-refractivity contribution is 5.50. The van der Waals surface area contributed by atoms with Crippen LogP contribution >= 0.6 is 0 Å². The van der Waals surface area contributed by atoms with Crippen LogP contribution < -0.4 is 10.2 Å². The summed E-state index contributed by atoms with van der Waals surface area (Å²) in [5.41, 5.74) is 2.40. The van der Waals surface area contributed by atoms with Crippen molar-refractivity contribution in [2.45, 2.75) is 59.4 Å². The average Bonchev–Trinajstić information content (AvgIpc) is 2.96. The van der Waals surface area contributed by atoms with Crippen LogP contribution in [0, 0.1) is 5.92 Å². The van der Waals surface area contributed by atoms with Gasteiger partial charge >= 0.3 is 0 Å². The maximum absolute atomic E-state index is 4.82. The maximum Gasteiger partial charge on any atom is 0.131 e. The molecule has 1 aromatic rings. The Labute approximate surface area is 129 Å². The SMILES string of the molecule is CCCNCc1nc(C(C)C)ncc1N1CCC(CC)C1. The van der Waals surface area contributed by atoms with Gasteiger partial charge in [-0.25, -0.2) is 9.97 Å². The Morgan fingerprint density at radius 1 is 1.38 bits per heavy atom. The van der Waals surface area contributed by atoms with Crippen molar-refractivity contribution in [2.75, 3.05) is 24.5 Å². The third-order valence-electron chi connectivity index (χ3n) is 4.30. The quantitative estimate of drug-likeness (QED) is 0.782. The Balaban J connectivity index is 2.18. The van der Waals surface area contributed by atoms with Crippen LogP contribution in [0.4, 0.5) is 5.69 Å². The number of aromatic nitrogens is 2. The summed E-state index contributed by atoms with van der Waals surface area (Å²) in [4.78, 5) is 11.9. The van der Waals surface area contributed by atoms with E-state index in [-0.39, 0.29) is 0 Å². The maximum atomic E-state index is 4.82. The van der Waals surface area contributed by atoms with Crippen LogP contribution in [-0.2, 0) is 6.54 Å². The fourth-order valence-electron chi connectivity index (χ4n) is 2.87. The van der Waals surface area contributed by atoms with Crippen LogP contribution in [0.3, 0.4) is 0 Å². The first kappa shape index (κ1) is 16.2. The van der Waals surface area contributed by atoms with E-state index >= 15 is 0 Å². The zero-order valence-electron chi connectivity index (χ0n) is 14.0. The van der Waals surface area contributed by atoms with E-state index in [1.165, 1.54) is 24.2 Å². The average molecular weight is 290 g/mol. The third-order valence-corrected chi connectivity index (χ3v) is 4.30. The topological polar surface area (TPSA) is 41.1 Å². The molecule has 0 aromatic carbocycles. The molecule has 0 spiro atoms. The van der Waals surface area contributed by atoms with Crippen molar-refractivity contribution in [2.24, 2.45) is 5.92 Å². The molecule has 1 aliphatic heterocycles. The summed E-state index contributed by atoms with van der Waals surface area (Å²) < 4.78 is 0. The molecule has 1 aliphatic rings. The molecular weight excluding hydrogens is 260 g/mol. The largest absolute Gasteiger partial charge is 0.368 e. The molecule has 1 fully saturated rings. The van der Waals surface area contributed by atoms with Crippen molar-refractivity contribution >= 4 is 5.69 Å². The highest BCUT2D eigenvalue weighted by Crippen LogP contribution is 2.28. The van der Waals surface area contributed by atoms with Gasteiger partial charge in [0, 0.05) is 25.6 Å². The summed E-state index contributed by atoms with van der Waals surface area (Å²) in [5.74, 6) is 2.16. The molecule has 1 unspecified atom stereocenters. The number of hydrogen-bond acceptors (Lipinski definition) is 4. The fraction of sp³-hybridized carbons (Fsp3) is 0.765. The van der Waals surface area contributed by atoms with E-state index in [9.17, 15) is 0 Å². The predicted molar refractivity (Wildman–Crippen MR) is 88.7 cm³/mol. The van der Waals surface area contributed by atoms with Gasteiger partial charge in [-0.15, -0.1) is 0 Å². The lowest BCUT2D eigenvalue weighted by Gasteiger charge is -2.22. The molecule has 21 heavy (non-hydrogen) atoms. The van der Waals surface area contributed by atoms with Crippen molar-refractivity contribution in [1.82, 2.24) is 15.3 Å². The van der Waals surface area contributed by atoms with Crippen LogP contribution in [0.1, 0.15) is 64.4 Å². The molecule has 1 atom stereocenters. The molecule has 0 amide bonds. The number of nitrogens with zero attached hydrogens (tertiary/aromatic N) is 3. The van der Waals surface area contributed by atoms with E-state index in [1.54, 1.807) is 0 Å². The van der Waals surface area contributed by atoms with Crippen LogP contribution in [-0.4, -0.2) is 29.6 Å². The van der Waals surface area contributed by atoms with E-state index in [4.69, 9.17) is 4.98 Å². The Kier molecular flexibility index (Phi) is 5.97. The first-order valence-corrected chi connectivity index (χ1v) is 8.47. The van der Waals surface area contributed by atoms with Gasteiger partial charge < -0.3 is 10.2 Å². The van der Waals surface area contributed by atoms with Crippen LogP contribution in [0.2, 0.25) is 0 Å². The van der Waals surface area contributed by atoms with Crippen LogP contribution in [0.15, 0.2) is 6.20 Å². The first-order valence-electron chi connectivity index (χ1n) is 8.47. The molecule has 0 bridgehead atoms. The van der Waals surface area contributed by atoms with E-state index in [1.807, 2.05) is 6.20 Å². The standard InChI is InChI=1S/C17H30N4/c1-5-8-18-10-15-16(11-19-17(20-15)13(3)4)21-9-7-14(6-2)12-21/h11,13-14,18H,5-10,12H2,1-4H3. The Hall–Kier alpha value is -1.16. The summed E-state index contributed by atoms with van der Waals surface area (Å²) in [6, 6.07) is 0. The second-order valence-electron chi connectivity index (χ2n) is 6.40. The summed E-state index contributed by atoms with van der Waals surface area (Å²) in [6.07, 6.45) is 5.76. The zero-order valence-corrected chi connectivity index (χ0v) is 14.0. The number of rotatable bonds is 7. The minimum atomic E-state index is 0.381. The molecule has 118 valence electrons. The Morgan fingerprint density at radius 3 is 2.81 bits per heavy atom. The molecule has 0 aliphatic carbocycles. The summed E-state index contributed by atoms with van der Waals surface area (Å²) in [6.45, 7) is 13.0. The van der Waals surface area contributed by atoms with E-state index in [0.29, 0.717) is 5.92 Å². The molecule has 4 nitrogen and oxygen atoms in total. The van der Waals surface area contributed by atoms with Gasteiger partial charge in [-0.1, -0.05) is 34.1 Å². The fourth-order valence-corrected chi connectivity index (χ4v) is 2.87. The third kappa shape index (κ3) is 4.16. The van der Waals surface area contributed by atoms with Crippen molar-refractivity contribution in [3.05, 3.63) is 17.7 Å². The molecule has 2 heterocycles. The Morgan fingerprint density at radius 2 is 2.19 bits per heavy atom. The molecule has 0 radical (unpaired) electrons. The van der Waals surface area contributed by atoms with Gasteiger partial charge in [0.1, 0.15) is 5.82 Å².